The van der Waals surface area contributed by atoms with Gasteiger partial charge in [-0.3, -0.25) is 20.3 Å². The lowest BCUT2D eigenvalue weighted by atomic mass is 10.2. The Labute approximate surface area is 131 Å². The molecule has 6 nitrogen and oxygen atoms in total. The number of anilines is 1. The van der Waals surface area contributed by atoms with E-state index in [4.69, 9.17) is 0 Å². The standard InChI is InChI=1S/C15H13N3O3S/c19-14-10-22-15(11-5-4-8-13(9-11)18(20)21)17(14)16-12-6-2-1-3-7-12/h1-9,15-16H,10H2. The lowest BCUT2D eigenvalue weighted by Gasteiger charge is -2.25. The number of carbonyl (C=O) groups excluding carboxylic acids is 1. The summed E-state index contributed by atoms with van der Waals surface area (Å²) in [4.78, 5) is 22.6. The summed E-state index contributed by atoms with van der Waals surface area (Å²) in [6.45, 7) is 0. The van der Waals surface area contributed by atoms with Gasteiger partial charge in [-0.15, -0.1) is 11.8 Å². The van der Waals surface area contributed by atoms with Crippen LogP contribution in [0.5, 0.6) is 0 Å². The number of nitro benzene ring substituents is 1. The molecule has 7 heteroatoms. The van der Waals surface area contributed by atoms with Crippen molar-refractivity contribution in [2.75, 3.05) is 11.2 Å². The number of hydrogen-bond donors (Lipinski definition) is 1. The fourth-order valence-corrected chi connectivity index (χ4v) is 3.33. The zero-order valence-electron chi connectivity index (χ0n) is 11.5. The monoisotopic (exact) mass is 315 g/mol. The van der Waals surface area contributed by atoms with Crippen LogP contribution in [0.15, 0.2) is 54.6 Å². The second-order valence-corrected chi connectivity index (χ2v) is 5.83. The molecular formula is C15H13N3O3S. The number of nitro groups is 1. The molecule has 2 aromatic carbocycles. The van der Waals surface area contributed by atoms with Crippen molar-refractivity contribution in [1.82, 2.24) is 5.01 Å². The lowest BCUT2D eigenvalue weighted by molar-refractivity contribution is -0.384. The topological polar surface area (TPSA) is 75.5 Å². The summed E-state index contributed by atoms with van der Waals surface area (Å²) in [5, 5.41) is 12.1. The van der Waals surface area contributed by atoms with Gasteiger partial charge in [0.25, 0.3) is 11.6 Å². The van der Waals surface area contributed by atoms with Gasteiger partial charge in [0.15, 0.2) is 0 Å². The van der Waals surface area contributed by atoms with E-state index < -0.39 is 4.92 Å². The number of amides is 1. The number of benzene rings is 2. The molecule has 1 saturated heterocycles. The molecule has 1 unspecified atom stereocenters. The van der Waals surface area contributed by atoms with Gasteiger partial charge in [0, 0.05) is 12.1 Å². The molecule has 1 atom stereocenters. The number of nitrogens with one attached hydrogen (secondary N) is 1. The Morgan fingerprint density at radius 3 is 2.68 bits per heavy atom. The number of nitrogens with zero attached hydrogens (tertiary/aromatic N) is 2. The summed E-state index contributed by atoms with van der Waals surface area (Å²) >= 11 is 1.44. The minimum Gasteiger partial charge on any atom is -0.295 e. The van der Waals surface area contributed by atoms with Crippen LogP contribution in [-0.4, -0.2) is 21.6 Å². The van der Waals surface area contributed by atoms with Gasteiger partial charge >= 0.3 is 0 Å². The fraction of sp³-hybridized carbons (Fsp3) is 0.133. The number of thioether (sulfide) groups is 1. The SMILES string of the molecule is O=C1CSC(c2cccc([N+](=O)[O-])c2)N1Nc1ccccc1. The predicted octanol–water partition coefficient (Wildman–Crippen LogP) is 3.20. The third-order valence-electron chi connectivity index (χ3n) is 3.26. The molecule has 22 heavy (non-hydrogen) atoms. The lowest BCUT2D eigenvalue weighted by Crippen LogP contribution is -2.33. The molecule has 1 heterocycles. The highest BCUT2D eigenvalue weighted by Crippen LogP contribution is 2.39. The van der Waals surface area contributed by atoms with E-state index in [1.54, 1.807) is 12.1 Å². The molecule has 1 fully saturated rings. The average molecular weight is 315 g/mol. The molecule has 1 aliphatic rings. The minimum atomic E-state index is -0.431. The first-order valence-electron chi connectivity index (χ1n) is 6.65. The van der Waals surface area contributed by atoms with Crippen LogP contribution in [0.4, 0.5) is 11.4 Å². The van der Waals surface area contributed by atoms with Gasteiger partial charge in [0.2, 0.25) is 0 Å². The van der Waals surface area contributed by atoms with Crippen LogP contribution in [0.25, 0.3) is 0 Å². The van der Waals surface area contributed by atoms with Crippen molar-refractivity contribution >= 4 is 29.0 Å². The van der Waals surface area contributed by atoms with Crippen molar-refractivity contribution in [1.29, 1.82) is 0 Å². The van der Waals surface area contributed by atoms with E-state index >= 15 is 0 Å². The number of carbonyl (C=O) groups is 1. The second-order valence-electron chi connectivity index (χ2n) is 4.76. The average Bonchev–Trinajstić information content (AvgIpc) is 2.89. The van der Waals surface area contributed by atoms with E-state index in [9.17, 15) is 14.9 Å². The van der Waals surface area contributed by atoms with Gasteiger partial charge in [0.1, 0.15) is 5.37 Å². The molecule has 0 radical (unpaired) electrons. The zero-order valence-corrected chi connectivity index (χ0v) is 12.3. The van der Waals surface area contributed by atoms with Crippen LogP contribution in [0.1, 0.15) is 10.9 Å². The van der Waals surface area contributed by atoms with Crippen LogP contribution in [0.3, 0.4) is 0 Å². The first kappa shape index (κ1) is 14.4. The van der Waals surface area contributed by atoms with Crippen molar-refractivity contribution in [3.05, 3.63) is 70.3 Å². The third kappa shape index (κ3) is 2.89. The molecule has 0 spiro atoms. The highest BCUT2D eigenvalue weighted by atomic mass is 32.2. The van der Waals surface area contributed by atoms with E-state index in [-0.39, 0.29) is 17.0 Å². The summed E-state index contributed by atoms with van der Waals surface area (Å²) in [6.07, 6.45) is 0. The van der Waals surface area contributed by atoms with Crippen molar-refractivity contribution in [2.45, 2.75) is 5.37 Å². The molecule has 1 aliphatic heterocycles. The van der Waals surface area contributed by atoms with Crippen LogP contribution in [-0.2, 0) is 4.79 Å². The van der Waals surface area contributed by atoms with E-state index in [0.29, 0.717) is 5.75 Å². The maximum Gasteiger partial charge on any atom is 0.269 e. The van der Waals surface area contributed by atoms with E-state index in [1.807, 2.05) is 30.3 Å². The highest BCUT2D eigenvalue weighted by molar-refractivity contribution is 8.00. The van der Waals surface area contributed by atoms with Crippen molar-refractivity contribution in [3.8, 4) is 0 Å². The van der Waals surface area contributed by atoms with Gasteiger partial charge < -0.3 is 0 Å². The van der Waals surface area contributed by atoms with E-state index in [1.165, 1.54) is 28.9 Å². The summed E-state index contributed by atoms with van der Waals surface area (Å²) in [5.74, 6) is 0.290. The quantitative estimate of drug-likeness (QED) is 0.692. The van der Waals surface area contributed by atoms with E-state index in [2.05, 4.69) is 5.43 Å². The molecule has 0 aliphatic carbocycles. The molecule has 0 saturated carbocycles. The Kier molecular flexibility index (Phi) is 3.97. The van der Waals surface area contributed by atoms with Crippen molar-refractivity contribution in [3.63, 3.8) is 0 Å². The van der Waals surface area contributed by atoms with Gasteiger partial charge in [-0.25, -0.2) is 5.01 Å². The van der Waals surface area contributed by atoms with Gasteiger partial charge in [-0.1, -0.05) is 30.3 Å². The molecule has 1 N–H and O–H groups in total. The molecule has 112 valence electrons. The van der Waals surface area contributed by atoms with Gasteiger partial charge in [-0.2, -0.15) is 0 Å². The first-order valence-corrected chi connectivity index (χ1v) is 7.70. The highest BCUT2D eigenvalue weighted by Gasteiger charge is 2.33. The van der Waals surface area contributed by atoms with Crippen LogP contribution in [0.2, 0.25) is 0 Å². The largest absolute Gasteiger partial charge is 0.295 e. The molecule has 0 aromatic heterocycles. The number of hydrazine groups is 1. The summed E-state index contributed by atoms with van der Waals surface area (Å²) in [6, 6.07) is 15.7. The molecule has 2 aromatic rings. The summed E-state index contributed by atoms with van der Waals surface area (Å²) < 4.78 is 0. The Morgan fingerprint density at radius 1 is 1.18 bits per heavy atom. The Balaban J connectivity index is 1.87. The number of non-ortho nitro benzene ring substituents is 1. The Morgan fingerprint density at radius 2 is 1.95 bits per heavy atom. The fourth-order valence-electron chi connectivity index (χ4n) is 2.24. The van der Waals surface area contributed by atoms with Crippen molar-refractivity contribution in [2.24, 2.45) is 0 Å². The summed E-state index contributed by atoms with van der Waals surface area (Å²) in [5.41, 5.74) is 4.64. The molecular weight excluding hydrogens is 302 g/mol. The normalized spacial score (nSPS) is 17.5. The third-order valence-corrected chi connectivity index (χ3v) is 4.47. The number of rotatable bonds is 4. The number of para-hydroxylation sites is 1. The second kappa shape index (κ2) is 6.07. The minimum absolute atomic E-state index is 0.0251. The summed E-state index contributed by atoms with van der Waals surface area (Å²) in [7, 11) is 0. The molecule has 3 rings (SSSR count). The molecule has 1 amide bonds. The smallest absolute Gasteiger partial charge is 0.269 e. The van der Waals surface area contributed by atoms with Crippen LogP contribution >= 0.6 is 11.8 Å². The maximum atomic E-state index is 12.1. The predicted molar refractivity (Wildman–Crippen MR) is 85.2 cm³/mol. The van der Waals surface area contributed by atoms with Crippen LogP contribution < -0.4 is 5.43 Å². The Bertz CT molecular complexity index is 708. The first-order chi connectivity index (χ1) is 10.6. The van der Waals surface area contributed by atoms with Crippen LogP contribution in [0, 0.1) is 10.1 Å². The van der Waals surface area contributed by atoms with E-state index in [0.717, 1.165) is 11.3 Å². The molecule has 0 bridgehead atoms. The van der Waals surface area contributed by atoms with Gasteiger partial charge in [0.05, 0.1) is 16.4 Å². The zero-order chi connectivity index (χ0) is 15.5. The Hall–Kier alpha value is -2.54. The maximum absolute atomic E-state index is 12.1. The van der Waals surface area contributed by atoms with Gasteiger partial charge in [-0.05, 0) is 17.7 Å². The number of hydrogen-bond acceptors (Lipinski definition) is 5. The van der Waals surface area contributed by atoms with Crippen molar-refractivity contribution < 1.29 is 9.72 Å².